The zero-order valence-electron chi connectivity index (χ0n) is 40.1. The van der Waals surface area contributed by atoms with Crippen LogP contribution in [0.15, 0.2) is 241 Å². The van der Waals surface area contributed by atoms with E-state index in [2.05, 4.69) is 162 Å². The Morgan fingerprint density at radius 2 is 0.969 bits per heavy atom. The van der Waals surface area contributed by atoms with Crippen LogP contribution in [-0.2, 0) is 0 Å². The fourth-order valence-electron chi connectivity index (χ4n) is 11.8. The van der Waals surface area contributed by atoms with Crippen LogP contribution in [-0.4, -0.2) is 12.6 Å². The molecule has 2 bridgehead atoms. The highest BCUT2D eigenvalue weighted by atomic mass is 28.3. The lowest BCUT2D eigenvalue weighted by molar-refractivity contribution is 0.669. The van der Waals surface area contributed by atoms with Crippen molar-refractivity contribution in [3.63, 3.8) is 0 Å². The van der Waals surface area contributed by atoms with Gasteiger partial charge in [0.15, 0.2) is 8.07 Å². The number of rotatable bonds is 6. The summed E-state index contributed by atoms with van der Waals surface area (Å²) >= 11 is 0. The predicted molar refractivity (Wildman–Crippen MR) is 272 cm³/mol. The predicted octanol–water partition coefficient (Wildman–Crippen LogP) is 12.7. The van der Waals surface area contributed by atoms with E-state index >= 15 is 0 Å². The van der Waals surface area contributed by atoms with Crippen LogP contribution in [0.4, 0.5) is 0 Å². The van der Waals surface area contributed by atoms with E-state index in [1.807, 2.05) is 48.5 Å². The van der Waals surface area contributed by atoms with Gasteiger partial charge in [-0.25, -0.2) is 0 Å². The molecule has 0 N–H and O–H groups in total. The van der Waals surface area contributed by atoms with Crippen LogP contribution in [0.3, 0.4) is 0 Å². The molecule has 0 aliphatic heterocycles. The summed E-state index contributed by atoms with van der Waals surface area (Å²) in [5, 5.41) is 7.82. The molecule has 2 atom stereocenters. The number of furan rings is 1. The molecule has 3 aliphatic rings. The van der Waals surface area contributed by atoms with Crippen LogP contribution >= 0.6 is 0 Å². The lowest BCUT2D eigenvalue weighted by Gasteiger charge is -2.46. The van der Waals surface area contributed by atoms with Gasteiger partial charge in [0.1, 0.15) is 11.2 Å². The van der Waals surface area contributed by atoms with Gasteiger partial charge in [-0.3, -0.25) is 0 Å². The molecule has 0 radical (unpaired) electrons. The first-order valence-electron chi connectivity index (χ1n) is 24.8. The van der Waals surface area contributed by atoms with E-state index in [0.717, 1.165) is 81.7 Å². The summed E-state index contributed by atoms with van der Waals surface area (Å²) in [5.74, 6) is -0.368. The Labute approximate surface area is 385 Å². The van der Waals surface area contributed by atoms with Crippen molar-refractivity contribution in [2.24, 2.45) is 0 Å². The highest BCUT2D eigenvalue weighted by Crippen LogP contribution is 2.57. The number of hydrogen-bond acceptors (Lipinski definition) is 1. The maximum absolute atomic E-state index is 9.78. The number of hydrogen-bond donors (Lipinski definition) is 0. The van der Waals surface area contributed by atoms with Gasteiger partial charge in [-0.2, -0.15) is 0 Å². The van der Waals surface area contributed by atoms with Crippen LogP contribution in [0.25, 0.3) is 60.6 Å². The van der Waals surface area contributed by atoms with E-state index in [-0.39, 0.29) is 36.0 Å². The molecule has 15 rings (SSSR count). The fourth-order valence-corrected chi connectivity index (χ4v) is 16.6. The van der Waals surface area contributed by atoms with Crippen LogP contribution in [0.1, 0.15) is 52.1 Å². The smallest absolute Gasteiger partial charge is 0.179 e. The SMILES string of the molecule is [2H]c1c([2H])c([2H])c([Si](c2ccccc2)(c2ccccc2)c2cccc3c2C2c4ccccc4C3c3cccc(-n4c5ccccc5c5cc(-c6ccc7oc8ccccc8c7c6)ccc54)c32)c([2H])c1[2H]. The van der Waals surface area contributed by atoms with Crippen molar-refractivity contribution < 1.29 is 11.3 Å². The number of nitrogens with zero attached hydrogens (tertiary/aromatic N) is 1. The number of benzene rings is 10. The quantitative estimate of drug-likeness (QED) is 0.120. The van der Waals surface area contributed by atoms with Gasteiger partial charge in [0.25, 0.3) is 0 Å². The van der Waals surface area contributed by atoms with Gasteiger partial charge in [-0.05, 0) is 108 Å². The normalized spacial score (nSPS) is 16.2. The standard InChI is InChI=1S/C62H41NOSi/c1-4-18-42(19-5-1)65(43-20-6-2-7-21-43,44-22-8-3-9-23-44)58-33-17-29-50-59-47-26-10-11-27-48(47)62(61(50)58)60-49(59)28-16-31-55(60)63-53-30-14-12-24-45(53)51-38-40(34-36-54(51)63)41-35-37-57-52(39-41)46-25-13-15-32-56(46)64-57/h1-39,59,62H/i1D,4D,5D,18D,19D. The summed E-state index contributed by atoms with van der Waals surface area (Å²) < 4.78 is 55.3. The minimum absolute atomic E-state index is 0.113. The van der Waals surface area contributed by atoms with E-state index in [1.165, 1.54) is 27.8 Å². The summed E-state index contributed by atoms with van der Waals surface area (Å²) in [6.45, 7) is 0. The van der Waals surface area contributed by atoms with Gasteiger partial charge < -0.3 is 8.98 Å². The van der Waals surface area contributed by atoms with Crippen molar-refractivity contribution in [3.05, 3.63) is 270 Å². The Hall–Kier alpha value is -7.98. The second kappa shape index (κ2) is 14.0. The first kappa shape index (κ1) is 31.8. The average molecular weight is 849 g/mol. The van der Waals surface area contributed by atoms with E-state index < -0.39 is 14.1 Å². The first-order chi connectivity index (χ1) is 34.3. The van der Waals surface area contributed by atoms with Gasteiger partial charge in [0.05, 0.1) is 23.6 Å². The van der Waals surface area contributed by atoms with Gasteiger partial charge in [0, 0.05) is 33.4 Å². The number of fused-ring (bicyclic) bond motifs is 6. The van der Waals surface area contributed by atoms with Crippen molar-refractivity contribution in [1.82, 2.24) is 4.57 Å². The van der Waals surface area contributed by atoms with Gasteiger partial charge >= 0.3 is 0 Å². The van der Waals surface area contributed by atoms with Gasteiger partial charge in [-0.1, -0.05) is 194 Å². The minimum atomic E-state index is -3.78. The largest absolute Gasteiger partial charge is 0.456 e. The monoisotopic (exact) mass is 848 g/mol. The first-order valence-corrected chi connectivity index (χ1v) is 24.3. The molecule has 2 unspecified atom stereocenters. The molecule has 2 aromatic heterocycles. The molecule has 0 saturated heterocycles. The summed E-state index contributed by atoms with van der Waals surface area (Å²) in [4.78, 5) is 0. The molecule has 10 aromatic carbocycles. The molecule has 2 heterocycles. The van der Waals surface area contributed by atoms with Crippen molar-refractivity contribution in [3.8, 4) is 16.8 Å². The van der Waals surface area contributed by atoms with Gasteiger partial charge in [0.2, 0.25) is 0 Å². The lowest BCUT2D eigenvalue weighted by atomic mass is 9.60. The number of para-hydroxylation sites is 2. The van der Waals surface area contributed by atoms with Crippen molar-refractivity contribution in [1.29, 1.82) is 0 Å². The van der Waals surface area contributed by atoms with Gasteiger partial charge in [-0.15, -0.1) is 0 Å². The Morgan fingerprint density at radius 1 is 0.400 bits per heavy atom. The van der Waals surface area contributed by atoms with Crippen molar-refractivity contribution in [2.75, 3.05) is 0 Å². The maximum Gasteiger partial charge on any atom is 0.179 e. The lowest BCUT2D eigenvalue weighted by Crippen LogP contribution is -2.75. The molecule has 65 heavy (non-hydrogen) atoms. The Kier molecular flexibility index (Phi) is 6.85. The summed E-state index contributed by atoms with van der Waals surface area (Å²) in [6, 6.07) is 71.6. The molecule has 0 spiro atoms. The van der Waals surface area contributed by atoms with Crippen LogP contribution in [0.2, 0.25) is 0 Å². The molecule has 3 aliphatic carbocycles. The molecule has 0 saturated carbocycles. The molecule has 2 nitrogen and oxygen atoms in total. The molecule has 3 heteroatoms. The highest BCUT2D eigenvalue weighted by molar-refractivity contribution is 7.20. The zero-order valence-corrected chi connectivity index (χ0v) is 36.1. The third-order valence-electron chi connectivity index (χ3n) is 14.4. The van der Waals surface area contributed by atoms with E-state index in [9.17, 15) is 2.74 Å². The molecule has 0 amide bonds. The molecule has 12 aromatic rings. The topological polar surface area (TPSA) is 18.1 Å². The summed E-state index contributed by atoms with van der Waals surface area (Å²) in [6.07, 6.45) is 0. The molecule has 0 fully saturated rings. The van der Waals surface area contributed by atoms with E-state index in [4.69, 9.17) is 8.53 Å². The second-order valence-corrected chi connectivity index (χ2v) is 21.2. The highest BCUT2D eigenvalue weighted by Gasteiger charge is 2.50. The van der Waals surface area contributed by atoms with Crippen LogP contribution < -0.4 is 20.7 Å². The Balaban J connectivity index is 1.05. The van der Waals surface area contributed by atoms with E-state index in [1.54, 1.807) is 0 Å². The molecular weight excluding hydrogens is 803 g/mol. The van der Waals surface area contributed by atoms with E-state index in [0.29, 0.717) is 5.19 Å². The average Bonchev–Trinajstić information content (AvgIpc) is 3.96. The fraction of sp³-hybridized carbons (Fsp3) is 0.0323. The Bertz CT molecular complexity index is 4090. The Morgan fingerprint density at radius 3 is 1.74 bits per heavy atom. The zero-order chi connectivity index (χ0) is 47.0. The number of aromatic nitrogens is 1. The molecule has 304 valence electrons. The van der Waals surface area contributed by atoms with Crippen molar-refractivity contribution >= 4 is 72.6 Å². The third kappa shape index (κ3) is 5.10. The van der Waals surface area contributed by atoms with Crippen LogP contribution in [0, 0.1) is 0 Å². The maximum atomic E-state index is 9.78. The summed E-state index contributed by atoms with van der Waals surface area (Å²) in [5.41, 5.74) is 14.6. The minimum Gasteiger partial charge on any atom is -0.456 e. The van der Waals surface area contributed by atoms with Crippen LogP contribution in [0.5, 0.6) is 0 Å². The second-order valence-electron chi connectivity index (χ2n) is 17.5. The third-order valence-corrected chi connectivity index (χ3v) is 19.0. The van der Waals surface area contributed by atoms with Crippen molar-refractivity contribution in [2.45, 2.75) is 11.8 Å². The summed E-state index contributed by atoms with van der Waals surface area (Å²) in [7, 11) is -3.78. The molecular formula is C62H41NOSi.